The molecule has 0 amide bonds. The van der Waals surface area contributed by atoms with Crippen molar-refractivity contribution in [2.45, 2.75) is 13.0 Å². The minimum atomic E-state index is -0.854. The maximum atomic E-state index is 12.9. The first-order valence-corrected chi connectivity index (χ1v) is 7.92. The number of rotatable bonds is 5. The maximum absolute atomic E-state index is 12.9. The molecule has 0 fully saturated rings. The highest BCUT2D eigenvalue weighted by Crippen LogP contribution is 2.32. The third-order valence-electron chi connectivity index (χ3n) is 4.03. The molecule has 0 radical (unpaired) electrons. The Balaban J connectivity index is 1.99. The number of carbonyl (C=O) groups excluding carboxylic acids is 2. The van der Waals surface area contributed by atoms with Gasteiger partial charge in [-0.25, -0.2) is 0 Å². The number of anilines is 2. The quantitative estimate of drug-likeness (QED) is 0.289. The minimum Gasteiger partial charge on any atom is -0.387 e. The van der Waals surface area contributed by atoms with Crippen molar-refractivity contribution in [2.24, 2.45) is 5.73 Å². The number of allylic oxidation sites excluding steroid dienone is 1. The zero-order valence-electron chi connectivity index (χ0n) is 13.7. The second-order valence-electron chi connectivity index (χ2n) is 5.81. The lowest BCUT2D eigenvalue weighted by molar-refractivity contribution is -0.113. The number of carbonyl (C=O) groups is 2. The van der Waals surface area contributed by atoms with Gasteiger partial charge in [-0.1, -0.05) is 30.3 Å². The number of hydrogen-bond donors (Lipinski definition) is 4. The molecule has 5 N–H and O–H groups in total. The Kier molecular flexibility index (Phi) is 4.65. The van der Waals surface area contributed by atoms with Gasteiger partial charge in [0.1, 0.15) is 11.4 Å². The van der Waals surface area contributed by atoms with Gasteiger partial charge < -0.3 is 21.5 Å². The van der Waals surface area contributed by atoms with E-state index in [0.29, 0.717) is 16.9 Å². The standard InChI is InChI=1S/C19H19N3O3/c1-11(23)17(19-21-14-7-2-3-8-15(14)22-19)18(25)13-6-4-5-12(9-13)16(24)10-20/h2-9,16,21-22,24H,10,20H2,1H3. The third kappa shape index (κ3) is 3.31. The van der Waals surface area contributed by atoms with Crippen LogP contribution in [0.5, 0.6) is 0 Å². The number of hydrogen-bond acceptors (Lipinski definition) is 6. The topological polar surface area (TPSA) is 104 Å². The van der Waals surface area contributed by atoms with Gasteiger partial charge >= 0.3 is 0 Å². The van der Waals surface area contributed by atoms with Crippen molar-refractivity contribution >= 4 is 22.9 Å². The average molecular weight is 337 g/mol. The summed E-state index contributed by atoms with van der Waals surface area (Å²) in [6.07, 6.45) is -0.854. The van der Waals surface area contributed by atoms with Crippen LogP contribution in [-0.4, -0.2) is 23.2 Å². The van der Waals surface area contributed by atoms with Gasteiger partial charge in [-0.05, 0) is 30.7 Å². The van der Waals surface area contributed by atoms with Gasteiger partial charge in [0, 0.05) is 12.1 Å². The first-order chi connectivity index (χ1) is 12.0. The molecule has 1 aliphatic heterocycles. The van der Waals surface area contributed by atoms with Crippen LogP contribution in [0, 0.1) is 0 Å². The summed E-state index contributed by atoms with van der Waals surface area (Å²) in [5.41, 5.74) is 7.97. The van der Waals surface area contributed by atoms with Crippen molar-refractivity contribution in [2.75, 3.05) is 17.2 Å². The Bertz CT molecular complexity index is 847. The number of fused-ring (bicyclic) bond motifs is 1. The van der Waals surface area contributed by atoms with Crippen LogP contribution in [0.4, 0.5) is 11.4 Å². The Labute approximate surface area is 145 Å². The fourth-order valence-electron chi connectivity index (χ4n) is 2.74. The second kappa shape index (κ2) is 6.88. The predicted octanol–water partition coefficient (Wildman–Crippen LogP) is 2.20. The first-order valence-electron chi connectivity index (χ1n) is 7.92. The molecule has 6 heteroatoms. The summed E-state index contributed by atoms with van der Waals surface area (Å²) in [6, 6.07) is 14.0. The summed E-state index contributed by atoms with van der Waals surface area (Å²) in [5.74, 6) is -0.401. The molecule has 0 spiro atoms. The van der Waals surface area contributed by atoms with Gasteiger partial charge in [0.25, 0.3) is 0 Å². The molecule has 3 rings (SSSR count). The molecule has 1 heterocycles. The van der Waals surface area contributed by atoms with E-state index in [1.54, 1.807) is 24.3 Å². The zero-order chi connectivity index (χ0) is 18.0. The lowest BCUT2D eigenvalue weighted by Gasteiger charge is -2.12. The number of aliphatic hydroxyl groups excluding tert-OH is 1. The van der Waals surface area contributed by atoms with E-state index in [-0.39, 0.29) is 17.9 Å². The van der Waals surface area contributed by atoms with E-state index in [0.717, 1.165) is 11.4 Å². The van der Waals surface area contributed by atoms with E-state index in [4.69, 9.17) is 5.73 Å². The molecule has 0 saturated carbocycles. The third-order valence-corrected chi connectivity index (χ3v) is 4.03. The van der Waals surface area contributed by atoms with Gasteiger partial charge in [0.15, 0.2) is 11.6 Å². The van der Waals surface area contributed by atoms with Crippen molar-refractivity contribution in [3.05, 3.63) is 71.1 Å². The number of para-hydroxylation sites is 2. The summed E-state index contributed by atoms with van der Waals surface area (Å²) < 4.78 is 0. The van der Waals surface area contributed by atoms with E-state index in [2.05, 4.69) is 10.6 Å². The molecule has 1 aliphatic rings. The van der Waals surface area contributed by atoms with Crippen molar-refractivity contribution in [3.8, 4) is 0 Å². The van der Waals surface area contributed by atoms with Crippen LogP contribution in [0.15, 0.2) is 59.9 Å². The van der Waals surface area contributed by atoms with Crippen LogP contribution >= 0.6 is 0 Å². The molecule has 25 heavy (non-hydrogen) atoms. The molecule has 0 aliphatic carbocycles. The summed E-state index contributed by atoms with van der Waals surface area (Å²) in [7, 11) is 0. The Morgan fingerprint density at radius 2 is 1.72 bits per heavy atom. The van der Waals surface area contributed by atoms with E-state index in [1.807, 2.05) is 24.3 Å². The molecule has 1 atom stereocenters. The monoisotopic (exact) mass is 337 g/mol. The van der Waals surface area contributed by atoms with Crippen LogP contribution in [0.2, 0.25) is 0 Å². The molecule has 2 aromatic carbocycles. The Morgan fingerprint density at radius 3 is 2.28 bits per heavy atom. The molecule has 6 nitrogen and oxygen atoms in total. The molecule has 1 unspecified atom stereocenters. The number of nitrogens with two attached hydrogens (primary N) is 1. The number of ketones is 2. The van der Waals surface area contributed by atoms with Crippen LogP contribution in [0.1, 0.15) is 28.9 Å². The predicted molar refractivity (Wildman–Crippen MR) is 96.2 cm³/mol. The summed E-state index contributed by atoms with van der Waals surface area (Å²) in [5, 5.41) is 16.0. The number of aliphatic hydroxyl groups is 1. The van der Waals surface area contributed by atoms with Crippen molar-refractivity contribution in [1.82, 2.24) is 0 Å². The van der Waals surface area contributed by atoms with Crippen LogP contribution in [-0.2, 0) is 4.79 Å². The Hall–Kier alpha value is -2.96. The molecule has 128 valence electrons. The minimum absolute atomic E-state index is 0.0376. The molecule has 0 saturated heterocycles. The number of benzene rings is 2. The molecular formula is C19H19N3O3. The van der Waals surface area contributed by atoms with Gasteiger partial charge in [-0.2, -0.15) is 0 Å². The van der Waals surface area contributed by atoms with Gasteiger partial charge in [-0.3, -0.25) is 9.59 Å². The molecule has 0 aromatic heterocycles. The lowest BCUT2D eigenvalue weighted by atomic mass is 9.97. The fraction of sp³-hybridized carbons (Fsp3) is 0.158. The van der Waals surface area contributed by atoms with Gasteiger partial charge in [0.05, 0.1) is 17.5 Å². The van der Waals surface area contributed by atoms with E-state index < -0.39 is 11.9 Å². The van der Waals surface area contributed by atoms with Gasteiger partial charge in [-0.15, -0.1) is 0 Å². The highest BCUT2D eigenvalue weighted by molar-refractivity contribution is 6.27. The van der Waals surface area contributed by atoms with Crippen molar-refractivity contribution in [1.29, 1.82) is 0 Å². The summed E-state index contributed by atoms with van der Waals surface area (Å²) >= 11 is 0. The summed E-state index contributed by atoms with van der Waals surface area (Å²) in [6.45, 7) is 1.40. The van der Waals surface area contributed by atoms with Crippen molar-refractivity contribution in [3.63, 3.8) is 0 Å². The lowest BCUT2D eigenvalue weighted by Crippen LogP contribution is -2.19. The largest absolute Gasteiger partial charge is 0.387 e. The fourth-order valence-corrected chi connectivity index (χ4v) is 2.74. The van der Waals surface area contributed by atoms with E-state index >= 15 is 0 Å². The molecular weight excluding hydrogens is 318 g/mol. The van der Waals surface area contributed by atoms with Crippen LogP contribution in [0.25, 0.3) is 0 Å². The maximum Gasteiger partial charge on any atom is 0.200 e. The molecule has 0 bridgehead atoms. The highest BCUT2D eigenvalue weighted by Gasteiger charge is 2.26. The number of Topliss-reactive ketones (excluding diaryl/α,β-unsaturated/α-hetero) is 2. The van der Waals surface area contributed by atoms with E-state index in [1.165, 1.54) is 6.92 Å². The second-order valence-corrected chi connectivity index (χ2v) is 5.81. The number of nitrogens with one attached hydrogen (secondary N) is 2. The first kappa shape index (κ1) is 16.9. The summed E-state index contributed by atoms with van der Waals surface area (Å²) in [4.78, 5) is 25.1. The van der Waals surface area contributed by atoms with E-state index in [9.17, 15) is 14.7 Å². The smallest absolute Gasteiger partial charge is 0.200 e. The van der Waals surface area contributed by atoms with Crippen LogP contribution in [0.3, 0.4) is 0 Å². The average Bonchev–Trinajstić information content (AvgIpc) is 3.04. The molecule has 2 aromatic rings. The normalized spacial score (nSPS) is 13.5. The highest BCUT2D eigenvalue weighted by atomic mass is 16.3. The Morgan fingerprint density at radius 1 is 1.08 bits per heavy atom. The van der Waals surface area contributed by atoms with Gasteiger partial charge in [0.2, 0.25) is 0 Å². The van der Waals surface area contributed by atoms with Crippen LogP contribution < -0.4 is 16.4 Å². The SMILES string of the molecule is CC(=O)C(C(=O)c1cccc(C(O)CN)c1)=C1Nc2ccccc2N1. The van der Waals surface area contributed by atoms with Crippen molar-refractivity contribution < 1.29 is 14.7 Å². The zero-order valence-corrected chi connectivity index (χ0v) is 13.7.